The largest absolute Gasteiger partial charge is 0.299 e. The molecule has 1 aliphatic rings. The van der Waals surface area contributed by atoms with Crippen molar-refractivity contribution in [3.05, 3.63) is 0 Å². The third-order valence-electron chi connectivity index (χ3n) is 3.81. The Kier molecular flexibility index (Phi) is 7.14. The summed E-state index contributed by atoms with van der Waals surface area (Å²) in [5, 5.41) is 0. The first-order chi connectivity index (χ1) is 8.22. The number of carbonyl (C=O) groups excluding carboxylic acids is 2. The van der Waals surface area contributed by atoms with E-state index in [1.165, 1.54) is 32.1 Å². The molecule has 0 heterocycles. The molecule has 0 atom stereocenters. The summed E-state index contributed by atoms with van der Waals surface area (Å²) in [7, 11) is 0. The molecular weight excluding hydrogens is 212 g/mol. The van der Waals surface area contributed by atoms with Crippen LogP contribution in [0.4, 0.5) is 0 Å². The van der Waals surface area contributed by atoms with E-state index < -0.39 is 0 Å². The Labute approximate surface area is 105 Å². The first kappa shape index (κ1) is 14.4. The molecule has 0 aromatic carbocycles. The third-order valence-corrected chi connectivity index (χ3v) is 3.81. The fraction of sp³-hybridized carbons (Fsp3) is 0.867. The van der Waals surface area contributed by atoms with Gasteiger partial charge in [0.15, 0.2) is 0 Å². The molecule has 0 amide bonds. The maximum atomic E-state index is 11.8. The highest BCUT2D eigenvalue weighted by molar-refractivity contribution is 6.01. The molecule has 0 bridgehead atoms. The van der Waals surface area contributed by atoms with Gasteiger partial charge in [0.2, 0.25) is 0 Å². The molecule has 1 saturated carbocycles. The summed E-state index contributed by atoms with van der Waals surface area (Å²) in [4.78, 5) is 23.5. The highest BCUT2D eigenvalue weighted by Gasteiger charge is 2.20. The maximum Gasteiger partial charge on any atom is 0.143 e. The maximum absolute atomic E-state index is 11.8. The van der Waals surface area contributed by atoms with Crippen molar-refractivity contribution in [2.45, 2.75) is 77.6 Å². The number of ketones is 2. The molecule has 2 heteroatoms. The fourth-order valence-corrected chi connectivity index (χ4v) is 2.45. The first-order valence-electron chi connectivity index (χ1n) is 7.27. The summed E-state index contributed by atoms with van der Waals surface area (Å²) in [6, 6.07) is 0. The zero-order valence-electron chi connectivity index (χ0n) is 11.2. The van der Waals surface area contributed by atoms with Crippen molar-refractivity contribution in [2.75, 3.05) is 0 Å². The molecule has 1 rings (SSSR count). The Hall–Kier alpha value is -0.660. The van der Waals surface area contributed by atoms with Gasteiger partial charge in [-0.25, -0.2) is 0 Å². The molecule has 0 radical (unpaired) electrons. The number of hydrogen-bond donors (Lipinski definition) is 0. The van der Waals surface area contributed by atoms with E-state index in [9.17, 15) is 9.59 Å². The third kappa shape index (κ3) is 5.99. The molecule has 0 aromatic rings. The summed E-state index contributed by atoms with van der Waals surface area (Å²) >= 11 is 0. The van der Waals surface area contributed by atoms with Gasteiger partial charge in [0, 0.05) is 12.8 Å². The monoisotopic (exact) mass is 238 g/mol. The van der Waals surface area contributed by atoms with E-state index in [1.54, 1.807) is 6.92 Å². The number of Topliss-reactive ketones (excluding diaryl/α,β-unsaturated/α-hetero) is 2. The summed E-state index contributed by atoms with van der Waals surface area (Å²) in [6.07, 6.45) is 11.9. The van der Waals surface area contributed by atoms with Crippen molar-refractivity contribution < 1.29 is 9.59 Å². The second-order valence-electron chi connectivity index (χ2n) is 5.34. The average molecular weight is 238 g/mol. The summed E-state index contributed by atoms with van der Waals surface area (Å²) in [5.74, 6) is -0.0305. The van der Waals surface area contributed by atoms with Crippen LogP contribution < -0.4 is 0 Å². The molecule has 0 spiro atoms. The van der Waals surface area contributed by atoms with Crippen molar-refractivity contribution in [3.8, 4) is 0 Å². The van der Waals surface area contributed by atoms with Gasteiger partial charge in [-0.3, -0.25) is 9.59 Å². The lowest BCUT2D eigenvalue weighted by atomic mass is 9.92. The van der Waals surface area contributed by atoms with Crippen LogP contribution in [0.2, 0.25) is 0 Å². The molecule has 0 unspecified atom stereocenters. The lowest BCUT2D eigenvalue weighted by molar-refractivity contribution is -0.132. The van der Waals surface area contributed by atoms with Crippen LogP contribution in [0.3, 0.4) is 0 Å². The highest BCUT2D eigenvalue weighted by Crippen LogP contribution is 2.16. The minimum absolute atomic E-state index is 0.159. The normalized spacial score (nSPS) is 23.4. The van der Waals surface area contributed by atoms with Gasteiger partial charge >= 0.3 is 0 Å². The zero-order valence-corrected chi connectivity index (χ0v) is 11.2. The van der Waals surface area contributed by atoms with Gasteiger partial charge in [0.25, 0.3) is 0 Å². The van der Waals surface area contributed by atoms with Gasteiger partial charge in [-0.15, -0.1) is 0 Å². The molecule has 0 N–H and O–H groups in total. The highest BCUT2D eigenvalue weighted by atomic mass is 16.1. The van der Waals surface area contributed by atoms with Crippen molar-refractivity contribution in [3.63, 3.8) is 0 Å². The molecule has 1 aliphatic carbocycles. The first-order valence-corrected chi connectivity index (χ1v) is 7.27. The molecule has 0 saturated heterocycles. The zero-order chi connectivity index (χ0) is 12.5. The SMILES string of the molecule is CC1C(=O)CCCCCCCCCCCC1=O. The Morgan fingerprint density at radius 1 is 0.647 bits per heavy atom. The predicted octanol–water partition coefficient (Wildman–Crippen LogP) is 4.07. The van der Waals surface area contributed by atoms with E-state index in [-0.39, 0.29) is 17.5 Å². The van der Waals surface area contributed by atoms with Crippen LogP contribution in [0.5, 0.6) is 0 Å². The number of rotatable bonds is 0. The molecule has 1 fully saturated rings. The van der Waals surface area contributed by atoms with Gasteiger partial charge in [0.1, 0.15) is 11.6 Å². The van der Waals surface area contributed by atoms with Crippen molar-refractivity contribution in [1.82, 2.24) is 0 Å². The van der Waals surface area contributed by atoms with E-state index in [1.807, 2.05) is 0 Å². The van der Waals surface area contributed by atoms with Crippen LogP contribution in [0, 0.1) is 5.92 Å². The Morgan fingerprint density at radius 2 is 0.941 bits per heavy atom. The topological polar surface area (TPSA) is 34.1 Å². The van der Waals surface area contributed by atoms with Gasteiger partial charge in [-0.05, 0) is 19.8 Å². The molecule has 17 heavy (non-hydrogen) atoms. The van der Waals surface area contributed by atoms with Crippen LogP contribution in [0.25, 0.3) is 0 Å². The van der Waals surface area contributed by atoms with Crippen LogP contribution >= 0.6 is 0 Å². The fourth-order valence-electron chi connectivity index (χ4n) is 2.45. The molecule has 98 valence electrons. The minimum atomic E-state index is -0.349. The van der Waals surface area contributed by atoms with E-state index >= 15 is 0 Å². The van der Waals surface area contributed by atoms with E-state index in [0.29, 0.717) is 12.8 Å². The van der Waals surface area contributed by atoms with E-state index in [0.717, 1.165) is 25.7 Å². The molecule has 0 aromatic heterocycles. The van der Waals surface area contributed by atoms with Gasteiger partial charge < -0.3 is 0 Å². The molecule has 0 aliphatic heterocycles. The average Bonchev–Trinajstić information content (AvgIpc) is 2.33. The van der Waals surface area contributed by atoms with Crippen molar-refractivity contribution >= 4 is 11.6 Å². The lowest BCUT2D eigenvalue weighted by Crippen LogP contribution is -2.20. The summed E-state index contributed by atoms with van der Waals surface area (Å²) < 4.78 is 0. The lowest BCUT2D eigenvalue weighted by Gasteiger charge is -2.10. The van der Waals surface area contributed by atoms with Crippen LogP contribution in [0.1, 0.15) is 77.6 Å². The smallest absolute Gasteiger partial charge is 0.143 e. The van der Waals surface area contributed by atoms with Gasteiger partial charge in [0.05, 0.1) is 5.92 Å². The Balaban J connectivity index is 2.39. The van der Waals surface area contributed by atoms with Crippen LogP contribution in [-0.4, -0.2) is 11.6 Å². The quantitative estimate of drug-likeness (QED) is 0.596. The van der Waals surface area contributed by atoms with Gasteiger partial charge in [-0.1, -0.05) is 44.9 Å². The second-order valence-corrected chi connectivity index (χ2v) is 5.34. The van der Waals surface area contributed by atoms with Crippen molar-refractivity contribution in [2.24, 2.45) is 5.92 Å². The second kappa shape index (κ2) is 8.43. The van der Waals surface area contributed by atoms with E-state index in [4.69, 9.17) is 0 Å². The van der Waals surface area contributed by atoms with Crippen LogP contribution in [0.15, 0.2) is 0 Å². The number of carbonyl (C=O) groups is 2. The van der Waals surface area contributed by atoms with Crippen molar-refractivity contribution in [1.29, 1.82) is 0 Å². The molecular formula is C15H26O2. The standard InChI is InChI=1S/C15H26O2/c1-13-14(16)11-9-7-5-3-2-4-6-8-10-12-15(13)17/h13H,2-12H2,1H3. The van der Waals surface area contributed by atoms with Gasteiger partial charge in [-0.2, -0.15) is 0 Å². The van der Waals surface area contributed by atoms with Crippen LogP contribution in [-0.2, 0) is 9.59 Å². The van der Waals surface area contributed by atoms with E-state index in [2.05, 4.69) is 0 Å². The molecule has 2 nitrogen and oxygen atoms in total. The summed E-state index contributed by atoms with van der Waals surface area (Å²) in [6.45, 7) is 1.79. The summed E-state index contributed by atoms with van der Waals surface area (Å²) in [5.41, 5.74) is 0. The minimum Gasteiger partial charge on any atom is -0.299 e. The predicted molar refractivity (Wildman–Crippen MR) is 70.0 cm³/mol. The Morgan fingerprint density at radius 3 is 1.29 bits per heavy atom. The number of hydrogen-bond acceptors (Lipinski definition) is 2. The Bertz CT molecular complexity index is 221.